The van der Waals surface area contributed by atoms with Gasteiger partial charge in [0.15, 0.2) is 11.5 Å². The predicted molar refractivity (Wildman–Crippen MR) is 77.5 cm³/mol. The van der Waals surface area contributed by atoms with Crippen LogP contribution in [-0.4, -0.2) is 45.5 Å². The fraction of sp³-hybridized carbons (Fsp3) is 0.500. The smallest absolute Gasteiger partial charge is 0.236 e. The topological polar surface area (TPSA) is 113 Å². The molecule has 0 saturated carbocycles. The van der Waals surface area contributed by atoms with Crippen molar-refractivity contribution >= 4 is 28.8 Å². The van der Waals surface area contributed by atoms with Gasteiger partial charge in [0, 0.05) is 13.1 Å². The summed E-state index contributed by atoms with van der Waals surface area (Å²) in [6.45, 7) is 5.49. The number of carbonyl (C=O) groups is 1. The zero-order chi connectivity index (χ0) is 14.5. The Morgan fingerprint density at radius 3 is 2.90 bits per heavy atom. The van der Waals surface area contributed by atoms with Crippen molar-refractivity contribution in [3.8, 4) is 0 Å². The van der Waals surface area contributed by atoms with Gasteiger partial charge in [-0.05, 0) is 13.3 Å². The van der Waals surface area contributed by atoms with E-state index in [-0.39, 0.29) is 6.54 Å². The summed E-state index contributed by atoms with van der Waals surface area (Å²) in [6.07, 6.45) is 2.53. The van der Waals surface area contributed by atoms with Crippen LogP contribution in [0.5, 0.6) is 0 Å². The van der Waals surface area contributed by atoms with Crippen LogP contribution in [0.2, 0.25) is 0 Å². The molecular formula is C12H19N7O. The van der Waals surface area contributed by atoms with Gasteiger partial charge in [-0.1, -0.05) is 6.92 Å². The van der Waals surface area contributed by atoms with Crippen molar-refractivity contribution in [3.05, 3.63) is 6.33 Å². The van der Waals surface area contributed by atoms with Crippen LogP contribution in [0.3, 0.4) is 0 Å². The Morgan fingerprint density at radius 2 is 2.25 bits per heavy atom. The number of rotatable bonds is 7. The first-order valence-electron chi connectivity index (χ1n) is 6.64. The summed E-state index contributed by atoms with van der Waals surface area (Å²) in [4.78, 5) is 28.9. The zero-order valence-electron chi connectivity index (χ0n) is 11.7. The van der Waals surface area contributed by atoms with Gasteiger partial charge in [-0.15, -0.1) is 0 Å². The van der Waals surface area contributed by atoms with Gasteiger partial charge in [-0.2, -0.15) is 9.97 Å². The first-order chi connectivity index (χ1) is 9.65. The van der Waals surface area contributed by atoms with E-state index in [1.54, 1.807) is 11.2 Å². The number of amides is 1. The van der Waals surface area contributed by atoms with Gasteiger partial charge in [-0.3, -0.25) is 4.79 Å². The molecule has 2 aromatic rings. The number of primary amides is 1. The second-order valence-electron chi connectivity index (χ2n) is 4.38. The van der Waals surface area contributed by atoms with Gasteiger partial charge in [0.05, 0.1) is 12.9 Å². The lowest BCUT2D eigenvalue weighted by Crippen LogP contribution is -2.34. The zero-order valence-corrected chi connectivity index (χ0v) is 11.7. The molecule has 0 aromatic carbocycles. The maximum absolute atomic E-state index is 11.2. The van der Waals surface area contributed by atoms with Crippen LogP contribution >= 0.6 is 0 Å². The Morgan fingerprint density at radius 1 is 1.45 bits per heavy atom. The van der Waals surface area contributed by atoms with Crippen molar-refractivity contribution in [3.63, 3.8) is 0 Å². The molecule has 2 aromatic heterocycles. The van der Waals surface area contributed by atoms with E-state index in [0.29, 0.717) is 29.5 Å². The molecule has 0 fully saturated rings. The van der Waals surface area contributed by atoms with Crippen LogP contribution in [0, 0.1) is 0 Å². The summed E-state index contributed by atoms with van der Waals surface area (Å²) >= 11 is 0. The molecule has 1 amide bonds. The number of nitrogens with two attached hydrogens (primary N) is 1. The number of nitrogens with one attached hydrogen (secondary N) is 2. The highest BCUT2D eigenvalue weighted by molar-refractivity contribution is 5.87. The number of imidazole rings is 1. The fourth-order valence-electron chi connectivity index (χ4n) is 1.89. The van der Waals surface area contributed by atoms with E-state index in [0.717, 1.165) is 13.0 Å². The van der Waals surface area contributed by atoms with E-state index in [1.165, 1.54) is 0 Å². The second-order valence-corrected chi connectivity index (χ2v) is 4.38. The summed E-state index contributed by atoms with van der Waals surface area (Å²) in [6, 6.07) is 0. The van der Waals surface area contributed by atoms with Crippen LogP contribution in [-0.2, 0) is 4.79 Å². The molecule has 0 bridgehead atoms. The van der Waals surface area contributed by atoms with Crippen molar-refractivity contribution < 1.29 is 4.79 Å². The molecule has 0 aliphatic rings. The Bertz CT molecular complexity index is 595. The summed E-state index contributed by atoms with van der Waals surface area (Å²) < 4.78 is 0. The van der Waals surface area contributed by atoms with Gasteiger partial charge in [-0.25, -0.2) is 4.98 Å². The second kappa shape index (κ2) is 6.18. The van der Waals surface area contributed by atoms with Crippen molar-refractivity contribution in [1.82, 2.24) is 19.9 Å². The van der Waals surface area contributed by atoms with E-state index >= 15 is 0 Å². The number of carbonyl (C=O) groups excluding carboxylic acids is 1. The first-order valence-corrected chi connectivity index (χ1v) is 6.64. The minimum Gasteiger partial charge on any atom is -0.368 e. The Labute approximate surface area is 116 Å². The highest BCUT2D eigenvalue weighted by atomic mass is 16.1. The molecule has 4 N–H and O–H groups in total. The molecule has 20 heavy (non-hydrogen) atoms. The average Bonchev–Trinajstić information content (AvgIpc) is 2.89. The lowest BCUT2D eigenvalue weighted by molar-refractivity contribution is -0.116. The summed E-state index contributed by atoms with van der Waals surface area (Å²) in [5.74, 6) is 0.734. The number of fused-ring (bicyclic) bond motifs is 1. The summed E-state index contributed by atoms with van der Waals surface area (Å²) in [5, 5.41) is 3.13. The number of hydrogen-bond acceptors (Lipinski definition) is 6. The van der Waals surface area contributed by atoms with Gasteiger partial charge in [0.2, 0.25) is 11.9 Å². The maximum Gasteiger partial charge on any atom is 0.236 e. The van der Waals surface area contributed by atoms with E-state index in [1.807, 2.05) is 6.92 Å². The summed E-state index contributed by atoms with van der Waals surface area (Å²) in [5.41, 5.74) is 6.55. The number of nitrogens with zero attached hydrogens (tertiary/aromatic N) is 4. The molecule has 0 atom stereocenters. The minimum atomic E-state index is -0.402. The number of hydrogen-bond donors (Lipinski definition) is 3. The standard InChI is InChI=1S/C12H19N7O/c1-3-5-14-12-17-10-9(15-7-16-10)11(18-12)19(4-2)6-8(13)20/h7H,3-6H2,1-2H3,(H2,13,20)(H2,14,15,16,17,18). The van der Waals surface area contributed by atoms with Gasteiger partial charge in [0.25, 0.3) is 0 Å². The van der Waals surface area contributed by atoms with Crippen LogP contribution < -0.4 is 16.0 Å². The Kier molecular flexibility index (Phi) is 4.34. The normalized spacial score (nSPS) is 10.7. The highest BCUT2D eigenvalue weighted by Gasteiger charge is 2.16. The molecule has 2 heterocycles. The van der Waals surface area contributed by atoms with Crippen LogP contribution in [0.1, 0.15) is 20.3 Å². The van der Waals surface area contributed by atoms with E-state index in [9.17, 15) is 4.79 Å². The third kappa shape index (κ3) is 2.95. The average molecular weight is 277 g/mol. The largest absolute Gasteiger partial charge is 0.368 e. The minimum absolute atomic E-state index is 0.106. The molecular weight excluding hydrogens is 258 g/mol. The quantitative estimate of drug-likeness (QED) is 0.678. The van der Waals surface area contributed by atoms with Crippen molar-refractivity contribution in [1.29, 1.82) is 0 Å². The highest BCUT2D eigenvalue weighted by Crippen LogP contribution is 2.22. The predicted octanol–water partition coefficient (Wildman–Crippen LogP) is 0.486. The number of H-pyrrole nitrogens is 1. The van der Waals surface area contributed by atoms with Crippen molar-refractivity contribution in [2.45, 2.75) is 20.3 Å². The molecule has 0 saturated heterocycles. The third-order valence-corrected chi connectivity index (χ3v) is 2.83. The van der Waals surface area contributed by atoms with Crippen molar-refractivity contribution in [2.24, 2.45) is 5.73 Å². The molecule has 0 spiro atoms. The van der Waals surface area contributed by atoms with Gasteiger partial charge >= 0.3 is 0 Å². The SMILES string of the molecule is CCCNc1nc(N(CC)CC(N)=O)c2[nH]cnc2n1. The molecule has 0 radical (unpaired) electrons. The molecule has 0 aliphatic heterocycles. The van der Waals surface area contributed by atoms with Gasteiger partial charge < -0.3 is 20.9 Å². The molecule has 8 nitrogen and oxygen atoms in total. The van der Waals surface area contributed by atoms with Crippen LogP contribution in [0.25, 0.3) is 11.2 Å². The number of likely N-dealkylation sites (N-methyl/N-ethyl adjacent to an activating group) is 1. The van der Waals surface area contributed by atoms with E-state index < -0.39 is 5.91 Å². The molecule has 2 rings (SSSR count). The monoisotopic (exact) mass is 277 g/mol. The summed E-state index contributed by atoms with van der Waals surface area (Å²) in [7, 11) is 0. The number of aromatic amines is 1. The molecule has 0 unspecified atom stereocenters. The maximum atomic E-state index is 11.2. The first kappa shape index (κ1) is 14.0. The molecule has 8 heteroatoms. The van der Waals surface area contributed by atoms with Crippen molar-refractivity contribution in [2.75, 3.05) is 29.9 Å². The van der Waals surface area contributed by atoms with E-state index in [2.05, 4.69) is 32.2 Å². The fourth-order valence-corrected chi connectivity index (χ4v) is 1.89. The molecule has 108 valence electrons. The van der Waals surface area contributed by atoms with Gasteiger partial charge in [0.1, 0.15) is 5.52 Å². The van der Waals surface area contributed by atoms with E-state index in [4.69, 9.17) is 5.73 Å². The van der Waals surface area contributed by atoms with Crippen LogP contribution in [0.15, 0.2) is 6.33 Å². The Hall–Kier alpha value is -2.38. The lowest BCUT2D eigenvalue weighted by Gasteiger charge is -2.21. The lowest BCUT2D eigenvalue weighted by atomic mass is 10.4. The Balaban J connectivity index is 2.42. The molecule has 0 aliphatic carbocycles. The van der Waals surface area contributed by atoms with Crippen LogP contribution in [0.4, 0.5) is 11.8 Å². The number of aromatic nitrogens is 4. The third-order valence-electron chi connectivity index (χ3n) is 2.83. The number of anilines is 2.